The van der Waals surface area contributed by atoms with Gasteiger partial charge in [-0.15, -0.1) is 13.2 Å². The van der Waals surface area contributed by atoms with Crippen molar-refractivity contribution in [2.24, 2.45) is 11.3 Å². The van der Waals surface area contributed by atoms with Crippen molar-refractivity contribution >= 4 is 34.5 Å². The number of rotatable bonds is 7. The van der Waals surface area contributed by atoms with Gasteiger partial charge in [0.2, 0.25) is 5.95 Å². The van der Waals surface area contributed by atoms with E-state index in [1.165, 1.54) is 31.2 Å². The summed E-state index contributed by atoms with van der Waals surface area (Å²) in [5.41, 5.74) is 2.22. The lowest BCUT2D eigenvalue weighted by Gasteiger charge is -2.40. The molecule has 1 aromatic heterocycles. The second-order valence-electron chi connectivity index (χ2n) is 10.8. The van der Waals surface area contributed by atoms with E-state index in [-0.39, 0.29) is 22.8 Å². The topological polar surface area (TPSA) is 105 Å². The number of ether oxygens (including phenoxy) is 1. The van der Waals surface area contributed by atoms with Gasteiger partial charge in [0.05, 0.1) is 11.0 Å². The first kappa shape index (κ1) is 27.3. The summed E-state index contributed by atoms with van der Waals surface area (Å²) in [7, 11) is 0. The van der Waals surface area contributed by atoms with E-state index in [9.17, 15) is 22.8 Å². The number of aromatic nitrogens is 2. The summed E-state index contributed by atoms with van der Waals surface area (Å²) in [6, 6.07) is 9.48. The lowest BCUT2D eigenvalue weighted by molar-refractivity contribution is -0.274. The van der Waals surface area contributed by atoms with Crippen LogP contribution >= 0.6 is 0 Å². The zero-order valence-electron chi connectivity index (χ0n) is 21.6. The summed E-state index contributed by atoms with van der Waals surface area (Å²) >= 11 is 0. The Morgan fingerprint density at radius 3 is 2.45 bits per heavy atom. The van der Waals surface area contributed by atoms with Gasteiger partial charge in [0.1, 0.15) is 11.8 Å². The van der Waals surface area contributed by atoms with Gasteiger partial charge in [-0.3, -0.25) is 9.59 Å². The van der Waals surface area contributed by atoms with Crippen LogP contribution in [0.15, 0.2) is 42.5 Å². The maximum atomic E-state index is 12.6. The Bertz CT molecular complexity index is 1330. The fourth-order valence-electron chi connectivity index (χ4n) is 5.40. The number of fused-ring (bicyclic) bond motifs is 1. The van der Waals surface area contributed by atoms with Crippen molar-refractivity contribution < 1.29 is 32.6 Å². The maximum absolute atomic E-state index is 12.6. The lowest BCUT2D eigenvalue weighted by atomic mass is 9.70. The van der Waals surface area contributed by atoms with Gasteiger partial charge >= 0.3 is 12.3 Å². The quantitative estimate of drug-likeness (QED) is 0.331. The molecule has 3 aromatic rings. The molecule has 3 N–H and O–H groups in total. The Kier molecular flexibility index (Phi) is 7.31. The van der Waals surface area contributed by atoms with E-state index in [1.54, 1.807) is 18.2 Å². The third-order valence-corrected chi connectivity index (χ3v) is 6.74. The SMILES string of the molecule is CC1CC(n2c(Nc3ccc(OC(F)(F)F)cc3)nc3cc(C(=O)NC(C)C(=O)O)ccc32)CC(C)(C)C1. The molecule has 1 saturated carbocycles. The van der Waals surface area contributed by atoms with Crippen LogP contribution in [0.25, 0.3) is 11.0 Å². The lowest BCUT2D eigenvalue weighted by Crippen LogP contribution is -2.38. The molecule has 4 rings (SSSR count). The average molecular weight is 533 g/mol. The molecule has 3 atom stereocenters. The highest BCUT2D eigenvalue weighted by molar-refractivity contribution is 5.99. The van der Waals surface area contributed by atoms with Crippen LogP contribution in [-0.2, 0) is 4.79 Å². The predicted molar refractivity (Wildman–Crippen MR) is 137 cm³/mol. The van der Waals surface area contributed by atoms with Crippen LogP contribution in [0, 0.1) is 11.3 Å². The standard InChI is InChI=1S/C27H31F3N4O4/c1-15-11-19(14-26(3,4)13-15)34-22-10-5-17(23(35)31-16(2)24(36)37)12-21(22)33-25(34)32-18-6-8-20(9-7-18)38-27(28,29)30/h5-10,12,15-16,19H,11,13-14H2,1-4H3,(H,31,35)(H,32,33)(H,36,37). The van der Waals surface area contributed by atoms with Crippen molar-refractivity contribution in [3.8, 4) is 5.75 Å². The monoisotopic (exact) mass is 532 g/mol. The van der Waals surface area contributed by atoms with Gasteiger partial charge in [-0.25, -0.2) is 4.98 Å². The molecule has 1 aliphatic carbocycles. The molecule has 1 aliphatic rings. The third kappa shape index (κ3) is 6.38. The molecule has 1 fully saturated rings. The number of alkyl halides is 3. The van der Waals surface area contributed by atoms with Crippen LogP contribution in [0.4, 0.5) is 24.8 Å². The Morgan fingerprint density at radius 1 is 1.16 bits per heavy atom. The first-order valence-corrected chi connectivity index (χ1v) is 12.4. The van der Waals surface area contributed by atoms with Crippen LogP contribution in [0.5, 0.6) is 5.75 Å². The van der Waals surface area contributed by atoms with Gasteiger partial charge in [-0.1, -0.05) is 20.8 Å². The van der Waals surface area contributed by atoms with Gasteiger partial charge in [-0.05, 0) is 80.0 Å². The van der Waals surface area contributed by atoms with Crippen molar-refractivity contribution in [2.75, 3.05) is 5.32 Å². The van der Waals surface area contributed by atoms with E-state index in [0.29, 0.717) is 23.1 Å². The molecule has 2 aromatic carbocycles. The largest absolute Gasteiger partial charge is 0.573 e. The van der Waals surface area contributed by atoms with Crippen molar-refractivity contribution in [3.63, 3.8) is 0 Å². The summed E-state index contributed by atoms with van der Waals surface area (Å²) in [6.45, 7) is 8.05. The number of carbonyl (C=O) groups is 2. The zero-order chi connectivity index (χ0) is 27.8. The molecular weight excluding hydrogens is 501 g/mol. The number of halogens is 3. The van der Waals surface area contributed by atoms with Crippen LogP contribution in [0.3, 0.4) is 0 Å². The van der Waals surface area contributed by atoms with E-state index in [1.807, 2.05) is 0 Å². The summed E-state index contributed by atoms with van der Waals surface area (Å²) in [4.78, 5) is 28.5. The molecule has 0 bridgehead atoms. The number of carboxylic acids is 1. The molecule has 1 amide bonds. The predicted octanol–water partition coefficient (Wildman–Crippen LogP) is 6.27. The van der Waals surface area contributed by atoms with Gasteiger partial charge in [0.25, 0.3) is 5.91 Å². The number of carbonyl (C=O) groups excluding carboxylic acids is 1. The number of imidazole rings is 1. The van der Waals surface area contributed by atoms with Crippen molar-refractivity contribution in [2.45, 2.75) is 65.4 Å². The minimum absolute atomic E-state index is 0.0968. The number of aliphatic carboxylic acids is 1. The van der Waals surface area contributed by atoms with E-state index >= 15 is 0 Å². The summed E-state index contributed by atoms with van der Waals surface area (Å²) in [6.07, 6.45) is -1.88. The number of anilines is 2. The molecule has 204 valence electrons. The van der Waals surface area contributed by atoms with Crippen molar-refractivity contribution in [3.05, 3.63) is 48.0 Å². The fraction of sp³-hybridized carbons (Fsp3) is 0.444. The van der Waals surface area contributed by atoms with E-state index in [4.69, 9.17) is 10.1 Å². The molecule has 0 saturated heterocycles. The Labute approximate surface area is 218 Å². The van der Waals surface area contributed by atoms with Crippen LogP contribution in [0.1, 0.15) is 63.4 Å². The molecule has 3 unspecified atom stereocenters. The molecule has 0 radical (unpaired) electrons. The van der Waals surface area contributed by atoms with E-state index < -0.39 is 24.3 Å². The summed E-state index contributed by atoms with van der Waals surface area (Å²) in [5, 5.41) is 14.8. The molecular formula is C27H31F3N4O4. The van der Waals surface area contributed by atoms with Crippen molar-refractivity contribution in [1.82, 2.24) is 14.9 Å². The maximum Gasteiger partial charge on any atom is 0.573 e. The average Bonchev–Trinajstić information content (AvgIpc) is 3.15. The van der Waals surface area contributed by atoms with Crippen molar-refractivity contribution in [1.29, 1.82) is 0 Å². The second-order valence-corrected chi connectivity index (χ2v) is 10.8. The molecule has 0 aliphatic heterocycles. The Balaban J connectivity index is 1.71. The first-order valence-electron chi connectivity index (χ1n) is 12.4. The highest BCUT2D eigenvalue weighted by Crippen LogP contribution is 2.46. The zero-order valence-corrected chi connectivity index (χ0v) is 21.6. The number of amides is 1. The number of hydrogen-bond acceptors (Lipinski definition) is 5. The number of benzene rings is 2. The van der Waals surface area contributed by atoms with Crippen LogP contribution < -0.4 is 15.4 Å². The number of carboxylic acid groups (broad SMARTS) is 1. The molecule has 11 heteroatoms. The highest BCUT2D eigenvalue weighted by atomic mass is 19.4. The van der Waals surface area contributed by atoms with E-state index in [0.717, 1.165) is 24.8 Å². The molecule has 38 heavy (non-hydrogen) atoms. The second kappa shape index (κ2) is 10.2. The first-order chi connectivity index (χ1) is 17.7. The number of hydrogen-bond donors (Lipinski definition) is 3. The molecule has 8 nitrogen and oxygen atoms in total. The van der Waals surface area contributed by atoms with Gasteiger partial charge < -0.3 is 25.0 Å². The smallest absolute Gasteiger partial charge is 0.480 e. The normalized spacial score (nSPS) is 20.1. The minimum Gasteiger partial charge on any atom is -0.480 e. The van der Waals surface area contributed by atoms with Gasteiger partial charge in [-0.2, -0.15) is 0 Å². The highest BCUT2D eigenvalue weighted by Gasteiger charge is 2.35. The summed E-state index contributed by atoms with van der Waals surface area (Å²) in [5.74, 6) is -1.04. The Morgan fingerprint density at radius 2 is 1.84 bits per heavy atom. The molecule has 1 heterocycles. The molecule has 0 spiro atoms. The Hall–Kier alpha value is -3.76. The van der Waals surface area contributed by atoms with Crippen LogP contribution in [-0.4, -0.2) is 38.9 Å². The van der Waals surface area contributed by atoms with Gasteiger partial charge in [0.15, 0.2) is 0 Å². The fourth-order valence-corrected chi connectivity index (χ4v) is 5.40. The van der Waals surface area contributed by atoms with Crippen LogP contribution in [0.2, 0.25) is 0 Å². The van der Waals surface area contributed by atoms with E-state index in [2.05, 4.69) is 40.7 Å². The van der Waals surface area contributed by atoms with Gasteiger partial charge in [0, 0.05) is 17.3 Å². The summed E-state index contributed by atoms with van der Waals surface area (Å²) < 4.78 is 43.7. The minimum atomic E-state index is -4.78. The number of nitrogens with zero attached hydrogens (tertiary/aromatic N) is 2. The number of nitrogens with one attached hydrogen (secondary N) is 2. The third-order valence-electron chi connectivity index (χ3n) is 6.74.